The second-order valence-corrected chi connectivity index (χ2v) is 7.48. The Bertz CT molecular complexity index is 626. The fourth-order valence-corrected chi connectivity index (χ4v) is 3.97. The minimum absolute atomic E-state index is 0.00646. The molecular weight excluding hydrogens is 342 g/mol. The zero-order chi connectivity index (χ0) is 19.1. The summed E-state index contributed by atoms with van der Waals surface area (Å²) in [5.74, 6) is 0.109. The molecule has 148 valence electrons. The molecule has 1 N–H and O–H groups in total. The van der Waals surface area contributed by atoms with Crippen LogP contribution in [0.15, 0.2) is 24.3 Å². The lowest BCUT2D eigenvalue weighted by atomic mass is 10.00. The summed E-state index contributed by atoms with van der Waals surface area (Å²) in [6.45, 7) is 3.68. The molecule has 3 amide bonds. The number of hydrogen-bond acceptors (Lipinski definition) is 3. The van der Waals surface area contributed by atoms with E-state index in [9.17, 15) is 9.59 Å². The van der Waals surface area contributed by atoms with Crippen LogP contribution in [0.5, 0.6) is 0 Å². The van der Waals surface area contributed by atoms with E-state index in [1.807, 2.05) is 34.1 Å². The van der Waals surface area contributed by atoms with Crippen molar-refractivity contribution in [2.75, 3.05) is 33.4 Å². The summed E-state index contributed by atoms with van der Waals surface area (Å²) in [5, 5.41) is 3.03. The third kappa shape index (κ3) is 5.22. The molecule has 0 saturated carbocycles. The molecule has 1 atom stereocenters. The van der Waals surface area contributed by atoms with Gasteiger partial charge in [-0.15, -0.1) is 0 Å². The first kappa shape index (κ1) is 19.7. The third-order valence-electron chi connectivity index (χ3n) is 5.58. The lowest BCUT2D eigenvalue weighted by molar-refractivity contribution is 0.0792. The summed E-state index contributed by atoms with van der Waals surface area (Å²) in [5.41, 5.74) is 1.73. The highest BCUT2D eigenvalue weighted by atomic mass is 16.5. The second-order valence-electron chi connectivity index (χ2n) is 7.48. The van der Waals surface area contributed by atoms with Gasteiger partial charge in [0, 0.05) is 51.5 Å². The molecule has 0 aromatic heterocycles. The van der Waals surface area contributed by atoms with Crippen LogP contribution in [-0.4, -0.2) is 61.1 Å². The van der Waals surface area contributed by atoms with Crippen LogP contribution in [0.25, 0.3) is 0 Å². The first-order chi connectivity index (χ1) is 13.2. The van der Waals surface area contributed by atoms with Crippen molar-refractivity contribution >= 4 is 11.9 Å². The average Bonchev–Trinajstić information content (AvgIpc) is 3.25. The topological polar surface area (TPSA) is 61.9 Å². The number of urea groups is 1. The van der Waals surface area contributed by atoms with E-state index in [0.717, 1.165) is 62.9 Å². The minimum Gasteiger partial charge on any atom is -0.385 e. The Morgan fingerprint density at radius 2 is 1.78 bits per heavy atom. The predicted octanol–water partition coefficient (Wildman–Crippen LogP) is 3.02. The Hall–Kier alpha value is -2.08. The van der Waals surface area contributed by atoms with Crippen LogP contribution >= 0.6 is 0 Å². The standard InChI is InChI=1S/C21H31N3O3/c1-27-15-11-19-6-2-3-14-24(19)21(26)22-16-17-7-9-18(10-8-17)20(25)23-12-4-5-13-23/h7-10,19H,2-6,11-16H2,1H3,(H,22,26). The van der Waals surface area contributed by atoms with E-state index in [0.29, 0.717) is 13.2 Å². The maximum atomic E-state index is 12.6. The molecule has 2 heterocycles. The van der Waals surface area contributed by atoms with Crippen LogP contribution in [0.4, 0.5) is 4.79 Å². The number of carbonyl (C=O) groups is 2. The Labute approximate surface area is 161 Å². The number of nitrogens with one attached hydrogen (secondary N) is 1. The number of likely N-dealkylation sites (tertiary alicyclic amines) is 2. The van der Waals surface area contributed by atoms with Crippen LogP contribution in [0.1, 0.15) is 54.4 Å². The van der Waals surface area contributed by atoms with Crippen LogP contribution in [0, 0.1) is 0 Å². The monoisotopic (exact) mass is 373 g/mol. The van der Waals surface area contributed by atoms with E-state index in [4.69, 9.17) is 4.74 Å². The van der Waals surface area contributed by atoms with Crippen molar-refractivity contribution in [3.63, 3.8) is 0 Å². The SMILES string of the molecule is COCCC1CCCCN1C(=O)NCc1ccc(C(=O)N2CCCC2)cc1. The van der Waals surface area contributed by atoms with Gasteiger partial charge in [-0.2, -0.15) is 0 Å². The lowest BCUT2D eigenvalue weighted by Crippen LogP contribution is -2.48. The molecule has 27 heavy (non-hydrogen) atoms. The van der Waals surface area contributed by atoms with E-state index < -0.39 is 0 Å². The fraction of sp³-hybridized carbons (Fsp3) is 0.619. The van der Waals surface area contributed by atoms with Crippen LogP contribution in [0.2, 0.25) is 0 Å². The highest BCUT2D eigenvalue weighted by molar-refractivity contribution is 5.94. The van der Waals surface area contributed by atoms with Gasteiger partial charge in [-0.1, -0.05) is 12.1 Å². The van der Waals surface area contributed by atoms with Gasteiger partial charge < -0.3 is 19.9 Å². The van der Waals surface area contributed by atoms with Crippen LogP contribution in [-0.2, 0) is 11.3 Å². The van der Waals surface area contributed by atoms with Gasteiger partial charge in [0.2, 0.25) is 0 Å². The van der Waals surface area contributed by atoms with Crippen molar-refractivity contribution in [1.29, 1.82) is 0 Å². The van der Waals surface area contributed by atoms with Crippen molar-refractivity contribution in [3.8, 4) is 0 Å². The largest absolute Gasteiger partial charge is 0.385 e. The molecule has 2 saturated heterocycles. The molecule has 0 bridgehead atoms. The molecule has 0 spiro atoms. The smallest absolute Gasteiger partial charge is 0.317 e. The highest BCUT2D eigenvalue weighted by Gasteiger charge is 2.26. The number of benzene rings is 1. The number of amides is 3. The number of rotatable bonds is 6. The number of ether oxygens (including phenoxy) is 1. The van der Waals surface area contributed by atoms with Gasteiger partial charge in [-0.3, -0.25) is 4.79 Å². The van der Waals surface area contributed by atoms with E-state index in [1.165, 1.54) is 6.42 Å². The molecule has 2 aliphatic rings. The number of carbonyl (C=O) groups excluding carboxylic acids is 2. The van der Waals surface area contributed by atoms with E-state index in [2.05, 4.69) is 5.32 Å². The molecule has 0 radical (unpaired) electrons. The molecule has 0 aliphatic carbocycles. The van der Waals surface area contributed by atoms with Gasteiger partial charge in [0.05, 0.1) is 0 Å². The van der Waals surface area contributed by atoms with Gasteiger partial charge in [-0.05, 0) is 56.2 Å². The molecule has 1 aromatic carbocycles. The van der Waals surface area contributed by atoms with E-state index in [1.54, 1.807) is 7.11 Å². The lowest BCUT2D eigenvalue weighted by Gasteiger charge is -2.35. The molecule has 1 aromatic rings. The van der Waals surface area contributed by atoms with Gasteiger partial charge in [-0.25, -0.2) is 4.79 Å². The van der Waals surface area contributed by atoms with Gasteiger partial charge in [0.25, 0.3) is 5.91 Å². The third-order valence-corrected chi connectivity index (χ3v) is 5.58. The molecule has 6 heteroatoms. The maximum absolute atomic E-state index is 12.6. The zero-order valence-corrected chi connectivity index (χ0v) is 16.3. The molecule has 2 aliphatic heterocycles. The van der Waals surface area contributed by atoms with Crippen molar-refractivity contribution in [3.05, 3.63) is 35.4 Å². The molecule has 6 nitrogen and oxygen atoms in total. The second kappa shape index (κ2) is 9.74. The Morgan fingerprint density at radius 1 is 1.07 bits per heavy atom. The summed E-state index contributed by atoms with van der Waals surface area (Å²) >= 11 is 0. The summed E-state index contributed by atoms with van der Waals surface area (Å²) in [6, 6.07) is 7.85. The Balaban J connectivity index is 1.51. The first-order valence-electron chi connectivity index (χ1n) is 10.1. The fourth-order valence-electron chi connectivity index (χ4n) is 3.97. The zero-order valence-electron chi connectivity index (χ0n) is 16.3. The molecule has 2 fully saturated rings. The predicted molar refractivity (Wildman–Crippen MR) is 105 cm³/mol. The van der Waals surface area contributed by atoms with E-state index >= 15 is 0 Å². The van der Waals surface area contributed by atoms with Gasteiger partial charge in [0.1, 0.15) is 0 Å². The summed E-state index contributed by atoms with van der Waals surface area (Å²) < 4.78 is 5.18. The number of methoxy groups -OCH3 is 1. The van der Waals surface area contributed by atoms with Crippen molar-refractivity contribution < 1.29 is 14.3 Å². The normalized spacial score (nSPS) is 20.0. The quantitative estimate of drug-likeness (QED) is 0.834. The molecule has 3 rings (SSSR count). The maximum Gasteiger partial charge on any atom is 0.317 e. The van der Waals surface area contributed by atoms with Crippen molar-refractivity contribution in [2.45, 2.75) is 51.1 Å². The molecule has 1 unspecified atom stereocenters. The van der Waals surface area contributed by atoms with Crippen LogP contribution in [0.3, 0.4) is 0 Å². The van der Waals surface area contributed by atoms with Crippen molar-refractivity contribution in [1.82, 2.24) is 15.1 Å². The highest BCUT2D eigenvalue weighted by Crippen LogP contribution is 2.20. The summed E-state index contributed by atoms with van der Waals surface area (Å²) in [6.07, 6.45) is 6.35. The Kier molecular flexibility index (Phi) is 7.10. The number of piperidine rings is 1. The van der Waals surface area contributed by atoms with E-state index in [-0.39, 0.29) is 18.0 Å². The van der Waals surface area contributed by atoms with Crippen molar-refractivity contribution in [2.24, 2.45) is 0 Å². The minimum atomic E-state index is -0.00646. The molecular formula is C21H31N3O3. The van der Waals surface area contributed by atoms with Crippen LogP contribution < -0.4 is 5.32 Å². The Morgan fingerprint density at radius 3 is 2.48 bits per heavy atom. The number of hydrogen-bond donors (Lipinski definition) is 1. The first-order valence-corrected chi connectivity index (χ1v) is 10.1. The van der Waals surface area contributed by atoms with Gasteiger partial charge in [0.15, 0.2) is 0 Å². The summed E-state index contributed by atoms with van der Waals surface area (Å²) in [4.78, 5) is 28.9. The van der Waals surface area contributed by atoms with Gasteiger partial charge >= 0.3 is 6.03 Å². The summed E-state index contributed by atoms with van der Waals surface area (Å²) in [7, 11) is 1.70. The number of nitrogens with zero attached hydrogens (tertiary/aromatic N) is 2. The average molecular weight is 373 g/mol.